The fraction of sp³-hybridized carbons (Fsp3) is 0.500. The lowest BCUT2D eigenvalue weighted by atomic mass is 10.1. The van der Waals surface area contributed by atoms with Crippen LogP contribution in [0.1, 0.15) is 36.7 Å². The molecule has 8 heteroatoms. The van der Waals surface area contributed by atoms with Crippen molar-refractivity contribution in [1.29, 1.82) is 0 Å². The standard InChI is InChI=1S/C16H22N2O5S/c1-5-17-15(19)11(3)23-16(20)12-6-7-14-13(9-12)8-10(2)18(14)24(4,21)22/h6-7,9-11H,5,8H2,1-4H3,(H,17,19)/t10-,11+/m1/s1. The maximum atomic E-state index is 12.2. The van der Waals surface area contributed by atoms with Gasteiger partial charge in [0.15, 0.2) is 6.10 Å². The predicted molar refractivity (Wildman–Crippen MR) is 90.5 cm³/mol. The monoisotopic (exact) mass is 354 g/mol. The van der Waals surface area contributed by atoms with E-state index in [1.54, 1.807) is 19.1 Å². The van der Waals surface area contributed by atoms with Gasteiger partial charge < -0.3 is 10.1 Å². The second-order valence-electron chi connectivity index (χ2n) is 5.90. The van der Waals surface area contributed by atoms with Crippen molar-refractivity contribution in [2.24, 2.45) is 0 Å². The number of amides is 1. The molecule has 7 nitrogen and oxygen atoms in total. The van der Waals surface area contributed by atoms with Crippen LogP contribution in [-0.4, -0.2) is 45.2 Å². The molecule has 1 aliphatic rings. The van der Waals surface area contributed by atoms with Crippen LogP contribution < -0.4 is 9.62 Å². The van der Waals surface area contributed by atoms with E-state index in [0.717, 1.165) is 11.8 Å². The molecule has 1 aliphatic heterocycles. The first-order valence-corrected chi connectivity index (χ1v) is 9.61. The van der Waals surface area contributed by atoms with Crippen LogP contribution in [-0.2, 0) is 26.0 Å². The number of hydrogen-bond donors (Lipinski definition) is 1. The van der Waals surface area contributed by atoms with Crippen LogP contribution in [0.2, 0.25) is 0 Å². The molecule has 2 atom stereocenters. The molecule has 0 radical (unpaired) electrons. The van der Waals surface area contributed by atoms with Gasteiger partial charge in [0.05, 0.1) is 17.5 Å². The number of nitrogens with zero attached hydrogens (tertiary/aromatic N) is 1. The first-order chi connectivity index (χ1) is 11.1. The van der Waals surface area contributed by atoms with Gasteiger partial charge >= 0.3 is 5.97 Å². The van der Waals surface area contributed by atoms with Crippen molar-refractivity contribution in [3.63, 3.8) is 0 Å². The van der Waals surface area contributed by atoms with Crippen LogP contribution >= 0.6 is 0 Å². The van der Waals surface area contributed by atoms with E-state index in [1.165, 1.54) is 17.3 Å². The highest BCUT2D eigenvalue weighted by molar-refractivity contribution is 7.92. The average Bonchev–Trinajstić information content (AvgIpc) is 2.81. The van der Waals surface area contributed by atoms with Crippen LogP contribution in [0.15, 0.2) is 18.2 Å². The normalized spacial score (nSPS) is 18.0. The van der Waals surface area contributed by atoms with Gasteiger partial charge in [-0.1, -0.05) is 0 Å². The number of nitrogens with one attached hydrogen (secondary N) is 1. The Labute approximate surface area is 142 Å². The number of ether oxygens (including phenoxy) is 1. The Morgan fingerprint density at radius 3 is 2.67 bits per heavy atom. The zero-order chi connectivity index (χ0) is 18.1. The van der Waals surface area contributed by atoms with Crippen LogP contribution in [0.4, 0.5) is 5.69 Å². The number of fused-ring (bicyclic) bond motifs is 1. The minimum atomic E-state index is -3.37. The lowest BCUT2D eigenvalue weighted by molar-refractivity contribution is -0.128. The zero-order valence-corrected chi connectivity index (χ0v) is 15.0. The lowest BCUT2D eigenvalue weighted by Crippen LogP contribution is -2.35. The molecule has 0 unspecified atom stereocenters. The Kier molecular flexibility index (Phi) is 5.17. The van der Waals surface area contributed by atoms with Gasteiger partial charge in [-0.2, -0.15) is 0 Å². The molecule has 0 saturated carbocycles. The van der Waals surface area contributed by atoms with E-state index in [0.29, 0.717) is 24.2 Å². The fourth-order valence-electron chi connectivity index (χ4n) is 2.84. The smallest absolute Gasteiger partial charge is 0.338 e. The molecule has 0 fully saturated rings. The van der Waals surface area contributed by atoms with Gasteiger partial charge in [-0.25, -0.2) is 13.2 Å². The van der Waals surface area contributed by atoms with E-state index < -0.39 is 22.1 Å². The van der Waals surface area contributed by atoms with Crippen molar-refractivity contribution >= 4 is 27.6 Å². The predicted octanol–water partition coefficient (Wildman–Crippen LogP) is 1.08. The van der Waals surface area contributed by atoms with Crippen molar-refractivity contribution in [3.05, 3.63) is 29.3 Å². The minimum absolute atomic E-state index is 0.199. The van der Waals surface area contributed by atoms with E-state index in [9.17, 15) is 18.0 Å². The van der Waals surface area contributed by atoms with E-state index in [-0.39, 0.29) is 11.9 Å². The van der Waals surface area contributed by atoms with Crippen molar-refractivity contribution in [3.8, 4) is 0 Å². The molecule has 2 rings (SSSR count). The number of rotatable bonds is 5. The molecule has 0 spiro atoms. The summed E-state index contributed by atoms with van der Waals surface area (Å²) in [6.07, 6.45) is 0.793. The summed E-state index contributed by atoms with van der Waals surface area (Å²) in [5.74, 6) is -0.967. The van der Waals surface area contributed by atoms with Crippen molar-refractivity contribution in [2.45, 2.75) is 39.3 Å². The van der Waals surface area contributed by atoms with Gasteiger partial charge in [-0.05, 0) is 51.0 Å². The molecule has 1 amide bonds. The summed E-state index contributed by atoms with van der Waals surface area (Å²) in [6.45, 7) is 5.56. The van der Waals surface area contributed by atoms with Crippen LogP contribution in [0.5, 0.6) is 0 Å². The fourth-order valence-corrected chi connectivity index (χ4v) is 4.10. The third-order valence-electron chi connectivity index (χ3n) is 3.83. The van der Waals surface area contributed by atoms with E-state index >= 15 is 0 Å². The number of benzene rings is 1. The molecule has 1 heterocycles. The highest BCUT2D eigenvalue weighted by Gasteiger charge is 2.33. The molecule has 1 N–H and O–H groups in total. The van der Waals surface area contributed by atoms with Crippen LogP contribution in [0.3, 0.4) is 0 Å². The Balaban J connectivity index is 2.20. The Morgan fingerprint density at radius 2 is 2.08 bits per heavy atom. The lowest BCUT2D eigenvalue weighted by Gasteiger charge is -2.22. The number of carbonyl (C=O) groups is 2. The summed E-state index contributed by atoms with van der Waals surface area (Å²) in [4.78, 5) is 23.8. The molecule has 1 aromatic carbocycles. The highest BCUT2D eigenvalue weighted by Crippen LogP contribution is 2.34. The van der Waals surface area contributed by atoms with E-state index in [4.69, 9.17) is 4.74 Å². The summed E-state index contributed by atoms with van der Waals surface area (Å²) in [5.41, 5.74) is 1.65. The third kappa shape index (κ3) is 3.69. The summed E-state index contributed by atoms with van der Waals surface area (Å²) >= 11 is 0. The van der Waals surface area contributed by atoms with Gasteiger partial charge in [0.2, 0.25) is 10.0 Å². The van der Waals surface area contributed by atoms with E-state index in [1.807, 2.05) is 6.92 Å². The van der Waals surface area contributed by atoms with Gasteiger partial charge in [-0.15, -0.1) is 0 Å². The number of anilines is 1. The molecule has 0 saturated heterocycles. The largest absolute Gasteiger partial charge is 0.449 e. The van der Waals surface area contributed by atoms with Crippen molar-refractivity contribution in [2.75, 3.05) is 17.1 Å². The highest BCUT2D eigenvalue weighted by atomic mass is 32.2. The topological polar surface area (TPSA) is 92.8 Å². The Hall–Kier alpha value is -2.09. The second-order valence-corrected chi connectivity index (χ2v) is 7.76. The Bertz CT molecular complexity index is 760. The molecule has 0 bridgehead atoms. The molecule has 0 aliphatic carbocycles. The van der Waals surface area contributed by atoms with Gasteiger partial charge in [0, 0.05) is 12.6 Å². The van der Waals surface area contributed by atoms with Crippen LogP contribution in [0.25, 0.3) is 0 Å². The maximum absolute atomic E-state index is 12.2. The quantitative estimate of drug-likeness (QED) is 0.799. The van der Waals surface area contributed by atoms with Crippen LogP contribution in [0, 0.1) is 0 Å². The maximum Gasteiger partial charge on any atom is 0.338 e. The third-order valence-corrected chi connectivity index (χ3v) is 5.10. The number of sulfonamides is 1. The van der Waals surface area contributed by atoms with Gasteiger partial charge in [0.25, 0.3) is 5.91 Å². The number of esters is 1. The average molecular weight is 354 g/mol. The SMILES string of the molecule is CCNC(=O)[C@H](C)OC(=O)c1ccc2c(c1)C[C@@H](C)N2S(C)(=O)=O. The second kappa shape index (κ2) is 6.80. The first kappa shape index (κ1) is 18.3. The summed E-state index contributed by atoms with van der Waals surface area (Å²) in [5, 5.41) is 2.58. The summed E-state index contributed by atoms with van der Waals surface area (Å²) in [7, 11) is -3.37. The van der Waals surface area contributed by atoms with E-state index in [2.05, 4.69) is 5.32 Å². The summed E-state index contributed by atoms with van der Waals surface area (Å²) < 4.78 is 30.3. The first-order valence-electron chi connectivity index (χ1n) is 7.76. The number of carbonyl (C=O) groups excluding carboxylic acids is 2. The summed E-state index contributed by atoms with van der Waals surface area (Å²) in [6, 6.07) is 4.55. The van der Waals surface area contributed by atoms with Gasteiger partial charge in [-0.3, -0.25) is 9.10 Å². The van der Waals surface area contributed by atoms with Gasteiger partial charge in [0.1, 0.15) is 0 Å². The molecular weight excluding hydrogens is 332 g/mol. The minimum Gasteiger partial charge on any atom is -0.449 e. The van der Waals surface area contributed by atoms with Crippen molar-refractivity contribution < 1.29 is 22.7 Å². The molecular formula is C16H22N2O5S. The molecule has 132 valence electrons. The molecule has 24 heavy (non-hydrogen) atoms. The van der Waals surface area contributed by atoms with Crippen molar-refractivity contribution in [1.82, 2.24) is 5.32 Å². The zero-order valence-electron chi connectivity index (χ0n) is 14.2. The Morgan fingerprint density at radius 1 is 1.42 bits per heavy atom. The molecule has 0 aromatic heterocycles. The number of likely N-dealkylation sites (N-methyl/N-ethyl adjacent to an activating group) is 1. The number of hydrogen-bond acceptors (Lipinski definition) is 5. The molecule has 1 aromatic rings.